The molecule has 0 saturated heterocycles. The summed E-state index contributed by atoms with van der Waals surface area (Å²) in [6.45, 7) is 2.90. The van der Waals surface area contributed by atoms with Gasteiger partial charge in [0.1, 0.15) is 12.1 Å². The van der Waals surface area contributed by atoms with Crippen molar-refractivity contribution in [3.63, 3.8) is 0 Å². The number of ether oxygens (including phenoxy) is 1. The Morgan fingerprint density at radius 1 is 1.26 bits per heavy atom. The number of amides is 1. The monoisotopic (exact) mass is 311 g/mol. The fourth-order valence-electron chi connectivity index (χ4n) is 2.25. The SMILES string of the molecule is CCOc1ncccc1CNC(=O)Cn1nnc2ccccc21. The molecule has 0 unspecified atom stereocenters. The van der Waals surface area contributed by atoms with Crippen LogP contribution >= 0.6 is 0 Å². The van der Waals surface area contributed by atoms with Crippen LogP contribution < -0.4 is 10.1 Å². The van der Waals surface area contributed by atoms with E-state index in [-0.39, 0.29) is 12.5 Å². The Balaban J connectivity index is 1.64. The lowest BCUT2D eigenvalue weighted by Gasteiger charge is -2.10. The first-order valence-corrected chi connectivity index (χ1v) is 7.39. The van der Waals surface area contributed by atoms with Crippen LogP contribution in [0.25, 0.3) is 11.0 Å². The maximum Gasteiger partial charge on any atom is 0.242 e. The molecule has 0 aliphatic rings. The number of para-hydroxylation sites is 1. The van der Waals surface area contributed by atoms with Crippen LogP contribution in [-0.4, -0.2) is 32.5 Å². The van der Waals surface area contributed by atoms with Gasteiger partial charge in [-0.15, -0.1) is 5.10 Å². The van der Waals surface area contributed by atoms with E-state index in [9.17, 15) is 4.79 Å². The summed E-state index contributed by atoms with van der Waals surface area (Å²) in [7, 11) is 0. The van der Waals surface area contributed by atoms with Crippen molar-refractivity contribution in [1.82, 2.24) is 25.3 Å². The number of nitrogens with zero attached hydrogens (tertiary/aromatic N) is 4. The highest BCUT2D eigenvalue weighted by Gasteiger charge is 2.10. The Bertz CT molecular complexity index is 815. The molecule has 0 radical (unpaired) electrons. The smallest absolute Gasteiger partial charge is 0.242 e. The van der Waals surface area contributed by atoms with E-state index in [1.54, 1.807) is 10.9 Å². The number of pyridine rings is 1. The minimum atomic E-state index is -0.146. The summed E-state index contributed by atoms with van der Waals surface area (Å²) in [5.41, 5.74) is 2.44. The molecule has 2 aromatic heterocycles. The highest BCUT2D eigenvalue weighted by Crippen LogP contribution is 2.14. The van der Waals surface area contributed by atoms with Crippen molar-refractivity contribution in [1.29, 1.82) is 0 Å². The topological polar surface area (TPSA) is 81.9 Å². The van der Waals surface area contributed by atoms with Gasteiger partial charge in [0.15, 0.2) is 0 Å². The van der Waals surface area contributed by atoms with Gasteiger partial charge in [-0.05, 0) is 25.1 Å². The summed E-state index contributed by atoms with van der Waals surface area (Å²) in [6, 6.07) is 11.2. The van der Waals surface area contributed by atoms with E-state index >= 15 is 0 Å². The Morgan fingerprint density at radius 3 is 3.00 bits per heavy atom. The minimum Gasteiger partial charge on any atom is -0.478 e. The predicted molar refractivity (Wildman–Crippen MR) is 84.8 cm³/mol. The first-order chi connectivity index (χ1) is 11.3. The lowest BCUT2D eigenvalue weighted by Crippen LogP contribution is -2.27. The third-order valence-electron chi connectivity index (χ3n) is 3.32. The number of rotatable bonds is 6. The molecule has 3 aromatic rings. The van der Waals surface area contributed by atoms with Crippen molar-refractivity contribution in [3.8, 4) is 5.88 Å². The van der Waals surface area contributed by atoms with E-state index in [4.69, 9.17) is 4.74 Å². The Hall–Kier alpha value is -2.96. The normalized spacial score (nSPS) is 10.7. The number of aromatic nitrogens is 4. The van der Waals surface area contributed by atoms with Crippen LogP contribution in [0.3, 0.4) is 0 Å². The first kappa shape index (κ1) is 15.0. The third-order valence-corrected chi connectivity index (χ3v) is 3.32. The molecule has 3 rings (SSSR count). The summed E-state index contributed by atoms with van der Waals surface area (Å²) in [4.78, 5) is 16.3. The molecule has 0 spiro atoms. The number of fused-ring (bicyclic) bond motifs is 1. The van der Waals surface area contributed by atoms with Crippen LogP contribution in [0.2, 0.25) is 0 Å². The highest BCUT2D eigenvalue weighted by atomic mass is 16.5. The number of carbonyl (C=O) groups is 1. The Labute approximate surface area is 133 Å². The van der Waals surface area contributed by atoms with Crippen LogP contribution in [0.4, 0.5) is 0 Å². The largest absolute Gasteiger partial charge is 0.478 e. The Morgan fingerprint density at radius 2 is 2.13 bits per heavy atom. The van der Waals surface area contributed by atoms with Gasteiger partial charge in [-0.3, -0.25) is 4.79 Å². The number of hydrogen-bond acceptors (Lipinski definition) is 5. The lowest BCUT2D eigenvalue weighted by molar-refractivity contribution is -0.121. The lowest BCUT2D eigenvalue weighted by atomic mass is 10.2. The standard InChI is InChI=1S/C16H17N5O2/c1-2-23-16-12(6-5-9-17-16)10-18-15(22)11-21-14-8-4-3-7-13(14)19-20-21/h3-9H,2,10-11H2,1H3,(H,18,22). The molecule has 1 amide bonds. The molecule has 0 aliphatic carbocycles. The van der Waals surface area contributed by atoms with E-state index < -0.39 is 0 Å². The van der Waals surface area contributed by atoms with Crippen LogP contribution in [0, 0.1) is 0 Å². The maximum atomic E-state index is 12.1. The number of hydrogen-bond donors (Lipinski definition) is 1. The van der Waals surface area contributed by atoms with E-state index in [2.05, 4.69) is 20.6 Å². The van der Waals surface area contributed by atoms with Gasteiger partial charge in [-0.25, -0.2) is 9.67 Å². The van der Waals surface area contributed by atoms with Gasteiger partial charge in [-0.1, -0.05) is 23.4 Å². The molecule has 23 heavy (non-hydrogen) atoms. The number of carbonyl (C=O) groups excluding carboxylic acids is 1. The average molecular weight is 311 g/mol. The van der Waals surface area contributed by atoms with E-state index in [0.717, 1.165) is 16.6 Å². The second-order valence-corrected chi connectivity index (χ2v) is 4.91. The second kappa shape index (κ2) is 6.87. The zero-order valence-electron chi connectivity index (χ0n) is 12.8. The van der Waals surface area contributed by atoms with Crippen LogP contribution in [0.5, 0.6) is 5.88 Å². The molecule has 1 N–H and O–H groups in total. The van der Waals surface area contributed by atoms with E-state index in [1.807, 2.05) is 43.3 Å². The van der Waals surface area contributed by atoms with Crippen molar-refractivity contribution in [2.24, 2.45) is 0 Å². The summed E-state index contributed by atoms with van der Waals surface area (Å²) in [5, 5.41) is 10.9. The molecule has 7 heteroatoms. The summed E-state index contributed by atoms with van der Waals surface area (Å²) in [6.07, 6.45) is 1.66. The molecule has 1 aromatic carbocycles. The summed E-state index contributed by atoms with van der Waals surface area (Å²) in [5.74, 6) is 0.397. The van der Waals surface area contributed by atoms with Gasteiger partial charge in [0, 0.05) is 18.3 Å². The molecule has 0 bridgehead atoms. The van der Waals surface area contributed by atoms with E-state index in [0.29, 0.717) is 19.0 Å². The van der Waals surface area contributed by atoms with Crippen molar-refractivity contribution in [3.05, 3.63) is 48.2 Å². The van der Waals surface area contributed by atoms with Gasteiger partial charge < -0.3 is 10.1 Å². The van der Waals surface area contributed by atoms with Gasteiger partial charge in [-0.2, -0.15) is 0 Å². The maximum absolute atomic E-state index is 12.1. The van der Waals surface area contributed by atoms with Gasteiger partial charge in [0.25, 0.3) is 0 Å². The number of benzene rings is 1. The van der Waals surface area contributed by atoms with Crippen LogP contribution in [0.15, 0.2) is 42.6 Å². The molecule has 0 saturated carbocycles. The van der Waals surface area contributed by atoms with E-state index in [1.165, 1.54) is 0 Å². The van der Waals surface area contributed by atoms with Crippen molar-refractivity contribution >= 4 is 16.9 Å². The molecule has 7 nitrogen and oxygen atoms in total. The molecule has 0 aliphatic heterocycles. The van der Waals surface area contributed by atoms with Gasteiger partial charge in [0.2, 0.25) is 11.8 Å². The Kier molecular flexibility index (Phi) is 4.46. The molecule has 0 fully saturated rings. The zero-order chi connectivity index (χ0) is 16.1. The molecular weight excluding hydrogens is 294 g/mol. The highest BCUT2D eigenvalue weighted by molar-refractivity contribution is 5.79. The zero-order valence-corrected chi connectivity index (χ0v) is 12.8. The van der Waals surface area contributed by atoms with Gasteiger partial charge >= 0.3 is 0 Å². The summed E-state index contributed by atoms with van der Waals surface area (Å²) >= 11 is 0. The van der Waals surface area contributed by atoms with Crippen molar-refractivity contribution < 1.29 is 9.53 Å². The minimum absolute atomic E-state index is 0.116. The number of nitrogens with one attached hydrogen (secondary N) is 1. The average Bonchev–Trinajstić information content (AvgIpc) is 2.98. The third kappa shape index (κ3) is 3.45. The van der Waals surface area contributed by atoms with Gasteiger partial charge in [0.05, 0.1) is 12.1 Å². The molecule has 0 atom stereocenters. The van der Waals surface area contributed by atoms with Crippen molar-refractivity contribution in [2.75, 3.05) is 6.61 Å². The molecular formula is C16H17N5O2. The van der Waals surface area contributed by atoms with Crippen molar-refractivity contribution in [2.45, 2.75) is 20.0 Å². The molecule has 118 valence electrons. The van der Waals surface area contributed by atoms with Crippen LogP contribution in [-0.2, 0) is 17.9 Å². The fourth-order valence-corrected chi connectivity index (χ4v) is 2.25. The fraction of sp³-hybridized carbons (Fsp3) is 0.250. The molecule has 2 heterocycles. The predicted octanol–water partition coefficient (Wildman–Crippen LogP) is 1.54. The summed E-state index contributed by atoms with van der Waals surface area (Å²) < 4.78 is 7.02. The first-order valence-electron chi connectivity index (χ1n) is 7.39. The van der Waals surface area contributed by atoms with Crippen LogP contribution in [0.1, 0.15) is 12.5 Å². The second-order valence-electron chi connectivity index (χ2n) is 4.91. The quantitative estimate of drug-likeness (QED) is 0.747.